The number of piperidine rings is 1. The van der Waals surface area contributed by atoms with Crippen molar-refractivity contribution in [3.8, 4) is 0 Å². The zero-order valence-electron chi connectivity index (χ0n) is 18.0. The van der Waals surface area contributed by atoms with Crippen LogP contribution in [0.4, 0.5) is 5.69 Å². The molecule has 1 amide bonds. The van der Waals surface area contributed by atoms with E-state index in [2.05, 4.69) is 17.0 Å². The molecule has 0 saturated carbocycles. The zero-order valence-corrected chi connectivity index (χ0v) is 18.8. The smallest absolute Gasteiger partial charge is 0.261 e. The van der Waals surface area contributed by atoms with Crippen LogP contribution in [0.1, 0.15) is 47.7 Å². The molecule has 2 aromatic carbocycles. The first-order valence-electron chi connectivity index (χ1n) is 10.6. The van der Waals surface area contributed by atoms with Crippen LogP contribution in [0, 0.1) is 13.8 Å². The standard InChI is InChI=1S/C23H31N3O3S/c1-4-14-26-15-12-20(13-16-26)24-23(27)19-8-10-21(11-9-19)30(28,29)25-22-7-5-6-17(2)18(22)3/h5-11,20,25H,4,12-16H2,1-3H3,(H,24,27)/p+1. The molecular weight excluding hydrogens is 398 g/mol. The summed E-state index contributed by atoms with van der Waals surface area (Å²) < 4.78 is 28.1. The van der Waals surface area contributed by atoms with Crippen LogP contribution in [-0.2, 0) is 10.0 Å². The van der Waals surface area contributed by atoms with Gasteiger partial charge in [0.25, 0.3) is 15.9 Å². The van der Waals surface area contributed by atoms with Crippen molar-refractivity contribution in [1.29, 1.82) is 0 Å². The Morgan fingerprint density at radius 3 is 2.37 bits per heavy atom. The van der Waals surface area contributed by atoms with Gasteiger partial charge < -0.3 is 10.2 Å². The number of quaternary nitrogens is 1. The number of carbonyl (C=O) groups excluding carboxylic acids is 1. The van der Waals surface area contributed by atoms with Gasteiger partial charge in [0.2, 0.25) is 0 Å². The van der Waals surface area contributed by atoms with Gasteiger partial charge in [-0.05, 0) is 61.7 Å². The van der Waals surface area contributed by atoms with Gasteiger partial charge in [0.1, 0.15) is 0 Å². The Labute approximate surface area is 179 Å². The number of sulfonamides is 1. The van der Waals surface area contributed by atoms with Gasteiger partial charge in [-0.3, -0.25) is 9.52 Å². The average molecular weight is 431 g/mol. The van der Waals surface area contributed by atoms with Crippen molar-refractivity contribution in [2.24, 2.45) is 0 Å². The van der Waals surface area contributed by atoms with Gasteiger partial charge in [-0.25, -0.2) is 8.42 Å². The lowest BCUT2D eigenvalue weighted by Gasteiger charge is -2.29. The lowest BCUT2D eigenvalue weighted by atomic mass is 10.0. The van der Waals surface area contributed by atoms with Gasteiger partial charge in [0.05, 0.1) is 30.2 Å². The van der Waals surface area contributed by atoms with E-state index >= 15 is 0 Å². The van der Waals surface area contributed by atoms with E-state index in [-0.39, 0.29) is 16.8 Å². The van der Waals surface area contributed by atoms with E-state index in [0.717, 1.165) is 37.1 Å². The molecule has 0 bridgehead atoms. The topological polar surface area (TPSA) is 79.7 Å². The molecular formula is C23H32N3O3S+. The molecule has 3 N–H and O–H groups in total. The number of amides is 1. The monoisotopic (exact) mass is 430 g/mol. The Morgan fingerprint density at radius 1 is 1.07 bits per heavy atom. The van der Waals surface area contributed by atoms with Gasteiger partial charge in [-0.2, -0.15) is 0 Å². The van der Waals surface area contributed by atoms with E-state index in [4.69, 9.17) is 0 Å². The van der Waals surface area contributed by atoms with E-state index in [1.165, 1.54) is 25.1 Å². The van der Waals surface area contributed by atoms with Crippen molar-refractivity contribution in [2.45, 2.75) is 51.0 Å². The maximum Gasteiger partial charge on any atom is 0.261 e. The summed E-state index contributed by atoms with van der Waals surface area (Å²) in [7, 11) is -3.72. The number of aryl methyl sites for hydroxylation is 1. The third-order valence-electron chi connectivity index (χ3n) is 5.91. The number of hydrogen-bond acceptors (Lipinski definition) is 3. The summed E-state index contributed by atoms with van der Waals surface area (Å²) in [5.41, 5.74) is 2.95. The highest BCUT2D eigenvalue weighted by atomic mass is 32.2. The van der Waals surface area contributed by atoms with E-state index in [9.17, 15) is 13.2 Å². The Balaban J connectivity index is 1.62. The summed E-state index contributed by atoms with van der Waals surface area (Å²) in [6.07, 6.45) is 3.14. The van der Waals surface area contributed by atoms with Gasteiger partial charge in [0.15, 0.2) is 0 Å². The van der Waals surface area contributed by atoms with Crippen molar-refractivity contribution in [2.75, 3.05) is 24.4 Å². The minimum Gasteiger partial charge on any atom is -0.349 e. The number of carbonyl (C=O) groups is 1. The molecule has 162 valence electrons. The molecule has 3 rings (SSSR count). The molecule has 6 nitrogen and oxygen atoms in total. The molecule has 0 atom stereocenters. The molecule has 1 heterocycles. The molecule has 0 aliphatic carbocycles. The van der Waals surface area contributed by atoms with Crippen LogP contribution in [0.15, 0.2) is 47.4 Å². The maximum atomic E-state index is 12.7. The number of rotatable bonds is 7. The number of benzene rings is 2. The van der Waals surface area contributed by atoms with E-state index in [1.807, 2.05) is 26.0 Å². The molecule has 1 aliphatic heterocycles. The molecule has 1 aliphatic rings. The quantitative estimate of drug-likeness (QED) is 0.631. The van der Waals surface area contributed by atoms with Crippen LogP contribution in [0.3, 0.4) is 0 Å². The summed E-state index contributed by atoms with van der Waals surface area (Å²) in [6.45, 7) is 9.37. The lowest BCUT2D eigenvalue weighted by Crippen LogP contribution is -3.13. The molecule has 7 heteroatoms. The van der Waals surface area contributed by atoms with Crippen LogP contribution in [0.25, 0.3) is 0 Å². The highest BCUT2D eigenvalue weighted by Gasteiger charge is 2.23. The van der Waals surface area contributed by atoms with Crippen molar-refractivity contribution >= 4 is 21.6 Å². The van der Waals surface area contributed by atoms with E-state index in [0.29, 0.717) is 11.3 Å². The molecule has 0 radical (unpaired) electrons. The minimum atomic E-state index is -3.72. The second kappa shape index (κ2) is 9.62. The molecule has 0 spiro atoms. The summed E-state index contributed by atoms with van der Waals surface area (Å²) in [6, 6.07) is 11.8. The number of anilines is 1. The van der Waals surface area contributed by atoms with Crippen molar-refractivity contribution in [3.63, 3.8) is 0 Å². The van der Waals surface area contributed by atoms with Crippen LogP contribution in [-0.4, -0.2) is 40.0 Å². The number of nitrogens with one attached hydrogen (secondary N) is 3. The largest absolute Gasteiger partial charge is 0.349 e. The third kappa shape index (κ3) is 5.40. The van der Waals surface area contributed by atoms with Crippen LogP contribution in [0.2, 0.25) is 0 Å². The highest BCUT2D eigenvalue weighted by molar-refractivity contribution is 7.92. The predicted molar refractivity (Wildman–Crippen MR) is 120 cm³/mol. The Kier molecular flexibility index (Phi) is 7.15. The van der Waals surface area contributed by atoms with Gasteiger partial charge in [0, 0.05) is 24.4 Å². The zero-order chi connectivity index (χ0) is 21.7. The summed E-state index contributed by atoms with van der Waals surface area (Å²) in [4.78, 5) is 14.3. The highest BCUT2D eigenvalue weighted by Crippen LogP contribution is 2.22. The fourth-order valence-electron chi connectivity index (χ4n) is 3.89. The second-order valence-corrected chi connectivity index (χ2v) is 9.81. The average Bonchev–Trinajstić information content (AvgIpc) is 2.73. The Morgan fingerprint density at radius 2 is 1.73 bits per heavy atom. The number of hydrogen-bond donors (Lipinski definition) is 3. The van der Waals surface area contributed by atoms with Gasteiger partial charge in [-0.1, -0.05) is 19.1 Å². The SMILES string of the molecule is CCC[NH+]1CCC(NC(=O)c2ccc(S(=O)(=O)Nc3cccc(C)c3C)cc2)CC1. The predicted octanol–water partition coefficient (Wildman–Crippen LogP) is 2.29. The van der Waals surface area contributed by atoms with Crippen molar-refractivity contribution < 1.29 is 18.1 Å². The molecule has 0 unspecified atom stereocenters. The first-order valence-corrected chi connectivity index (χ1v) is 12.1. The van der Waals surface area contributed by atoms with E-state index in [1.54, 1.807) is 23.1 Å². The molecule has 1 fully saturated rings. The van der Waals surface area contributed by atoms with E-state index < -0.39 is 10.0 Å². The summed E-state index contributed by atoms with van der Waals surface area (Å²) in [5.74, 6) is -0.148. The second-order valence-electron chi connectivity index (χ2n) is 8.13. The first-order chi connectivity index (χ1) is 14.3. The lowest BCUT2D eigenvalue weighted by molar-refractivity contribution is -0.905. The van der Waals surface area contributed by atoms with Crippen LogP contribution < -0.4 is 14.9 Å². The molecule has 30 heavy (non-hydrogen) atoms. The third-order valence-corrected chi connectivity index (χ3v) is 7.29. The van der Waals surface area contributed by atoms with Crippen molar-refractivity contribution in [3.05, 3.63) is 59.2 Å². The molecule has 1 saturated heterocycles. The maximum absolute atomic E-state index is 12.7. The fraction of sp³-hybridized carbons (Fsp3) is 0.435. The first kappa shape index (κ1) is 22.3. The number of likely N-dealkylation sites (tertiary alicyclic amines) is 1. The minimum absolute atomic E-state index is 0.136. The molecule has 0 aromatic heterocycles. The van der Waals surface area contributed by atoms with Crippen LogP contribution >= 0.6 is 0 Å². The van der Waals surface area contributed by atoms with Gasteiger partial charge >= 0.3 is 0 Å². The molecule has 2 aromatic rings. The summed E-state index contributed by atoms with van der Waals surface area (Å²) >= 11 is 0. The summed E-state index contributed by atoms with van der Waals surface area (Å²) in [5, 5.41) is 3.09. The Hall–Kier alpha value is -2.38. The van der Waals surface area contributed by atoms with Crippen LogP contribution in [0.5, 0.6) is 0 Å². The van der Waals surface area contributed by atoms with Crippen molar-refractivity contribution in [1.82, 2.24) is 5.32 Å². The fourth-order valence-corrected chi connectivity index (χ4v) is 5.02. The van der Waals surface area contributed by atoms with Gasteiger partial charge in [-0.15, -0.1) is 0 Å². The Bertz CT molecular complexity index is 979. The normalized spacial score (nSPS) is 19.3.